The van der Waals surface area contributed by atoms with Gasteiger partial charge in [-0.1, -0.05) is 24.3 Å². The highest BCUT2D eigenvalue weighted by Crippen LogP contribution is 2.17. The number of hydrazone groups is 2. The van der Waals surface area contributed by atoms with Crippen LogP contribution in [0.15, 0.2) is 58.7 Å². The molecule has 162 valence electrons. The van der Waals surface area contributed by atoms with Gasteiger partial charge in [0.2, 0.25) is 11.9 Å². The van der Waals surface area contributed by atoms with Crippen molar-refractivity contribution < 1.29 is 4.79 Å². The van der Waals surface area contributed by atoms with Gasteiger partial charge < -0.3 is 16.8 Å². The Hall–Kier alpha value is -4.41. The van der Waals surface area contributed by atoms with Crippen molar-refractivity contribution in [3.05, 3.63) is 59.7 Å². The van der Waals surface area contributed by atoms with Crippen molar-refractivity contribution in [2.45, 2.75) is 13.8 Å². The molecule has 2 rings (SSSR count). The molecule has 2 amide bonds. The summed E-state index contributed by atoms with van der Waals surface area (Å²) < 4.78 is 0. The number of nitrogens with zero attached hydrogens (tertiary/aromatic N) is 3. The van der Waals surface area contributed by atoms with E-state index in [0.29, 0.717) is 22.8 Å². The SMILES string of the molecule is C/C(=N\NC(=N)N)c1ccc(NC(=O)N(C)c2ccc(/C(C)=N/NC(=N)N)cc2)cc1. The molecule has 0 aliphatic rings. The number of rotatable bonds is 6. The number of nitrogens with two attached hydrogens (primary N) is 2. The van der Waals surface area contributed by atoms with Gasteiger partial charge in [-0.2, -0.15) is 10.2 Å². The van der Waals surface area contributed by atoms with Crippen LogP contribution < -0.4 is 32.5 Å². The highest BCUT2D eigenvalue weighted by Gasteiger charge is 2.11. The minimum atomic E-state index is -0.298. The zero-order valence-electron chi connectivity index (χ0n) is 17.5. The predicted molar refractivity (Wildman–Crippen MR) is 125 cm³/mol. The van der Waals surface area contributed by atoms with Crippen molar-refractivity contribution in [2.24, 2.45) is 21.7 Å². The molecule has 0 heterocycles. The van der Waals surface area contributed by atoms with E-state index >= 15 is 0 Å². The van der Waals surface area contributed by atoms with Crippen molar-refractivity contribution in [3.8, 4) is 0 Å². The normalized spacial score (nSPS) is 11.5. The first kappa shape index (κ1) is 22.9. The minimum absolute atomic E-state index is 0.240. The summed E-state index contributed by atoms with van der Waals surface area (Å²) >= 11 is 0. The molecule has 31 heavy (non-hydrogen) atoms. The van der Waals surface area contributed by atoms with E-state index in [0.717, 1.165) is 11.1 Å². The average Bonchev–Trinajstić information content (AvgIpc) is 2.75. The number of nitrogens with one attached hydrogen (secondary N) is 5. The molecule has 9 N–H and O–H groups in total. The van der Waals surface area contributed by atoms with Gasteiger partial charge in [0, 0.05) is 18.4 Å². The third-order valence-electron chi connectivity index (χ3n) is 4.22. The van der Waals surface area contributed by atoms with Gasteiger partial charge in [-0.05, 0) is 49.2 Å². The highest BCUT2D eigenvalue weighted by molar-refractivity contribution is 6.03. The lowest BCUT2D eigenvalue weighted by Crippen LogP contribution is -2.31. The summed E-state index contributed by atoms with van der Waals surface area (Å²) in [4.78, 5) is 14.1. The van der Waals surface area contributed by atoms with E-state index in [1.165, 1.54) is 4.90 Å². The van der Waals surface area contributed by atoms with E-state index in [1.54, 1.807) is 45.2 Å². The highest BCUT2D eigenvalue weighted by atomic mass is 16.2. The molecular weight excluding hydrogens is 396 g/mol. The van der Waals surface area contributed by atoms with Crippen LogP contribution in [0.1, 0.15) is 25.0 Å². The van der Waals surface area contributed by atoms with E-state index in [2.05, 4.69) is 26.4 Å². The van der Waals surface area contributed by atoms with Gasteiger partial charge in [-0.3, -0.25) is 15.7 Å². The topological polar surface area (TPSA) is 181 Å². The largest absolute Gasteiger partial charge is 0.369 e. The van der Waals surface area contributed by atoms with Gasteiger partial charge in [0.15, 0.2) is 0 Å². The van der Waals surface area contributed by atoms with Crippen LogP contribution in [-0.4, -0.2) is 36.4 Å². The van der Waals surface area contributed by atoms with Crippen LogP contribution in [0.4, 0.5) is 16.2 Å². The van der Waals surface area contributed by atoms with E-state index in [1.807, 2.05) is 24.3 Å². The average molecular weight is 422 g/mol. The van der Waals surface area contributed by atoms with Crippen LogP contribution in [0, 0.1) is 10.8 Å². The monoisotopic (exact) mass is 422 g/mol. The second-order valence-corrected chi connectivity index (χ2v) is 6.56. The molecular formula is C20H26N10O. The standard InChI is InChI=1S/C20H26N10O/c1-12(26-28-18(21)22)14-4-8-16(9-5-14)25-20(31)30(3)17-10-6-15(7-11-17)13(2)27-29-19(23)24/h4-11H,1-3H3,(H,25,31)(H4,21,22,28)(H4,23,24,29)/b26-12+,27-13+. The maximum atomic E-state index is 12.6. The van der Waals surface area contributed by atoms with Crippen molar-refractivity contribution in [3.63, 3.8) is 0 Å². The molecule has 0 saturated carbocycles. The van der Waals surface area contributed by atoms with Gasteiger partial charge in [-0.15, -0.1) is 0 Å². The van der Waals surface area contributed by atoms with Gasteiger partial charge >= 0.3 is 6.03 Å². The number of hydrogen-bond acceptors (Lipinski definition) is 5. The lowest BCUT2D eigenvalue weighted by molar-refractivity contribution is 0.258. The molecule has 11 heteroatoms. The summed E-state index contributed by atoms with van der Waals surface area (Å²) in [5.41, 5.74) is 19.5. The molecule has 0 bridgehead atoms. The smallest absolute Gasteiger partial charge is 0.326 e. The molecule has 0 aliphatic heterocycles. The Balaban J connectivity index is 2.02. The van der Waals surface area contributed by atoms with E-state index in [4.69, 9.17) is 22.3 Å². The summed E-state index contributed by atoms with van der Waals surface area (Å²) in [6.45, 7) is 3.57. The Labute approximate surface area is 180 Å². The van der Waals surface area contributed by atoms with E-state index in [9.17, 15) is 4.79 Å². The fourth-order valence-electron chi connectivity index (χ4n) is 2.46. The number of benzene rings is 2. The molecule has 0 unspecified atom stereocenters. The van der Waals surface area contributed by atoms with Crippen LogP contribution >= 0.6 is 0 Å². The Morgan fingerprint density at radius 2 is 1.26 bits per heavy atom. The molecule has 0 fully saturated rings. The molecule has 11 nitrogen and oxygen atoms in total. The van der Waals surface area contributed by atoms with E-state index < -0.39 is 0 Å². The quantitative estimate of drug-likeness (QED) is 0.212. The molecule has 2 aromatic rings. The molecule has 2 aromatic carbocycles. The van der Waals surface area contributed by atoms with Crippen molar-refractivity contribution >= 4 is 40.7 Å². The van der Waals surface area contributed by atoms with Gasteiger partial charge in [-0.25, -0.2) is 15.6 Å². The summed E-state index contributed by atoms with van der Waals surface area (Å²) in [5.74, 6) is -0.481. The third-order valence-corrected chi connectivity index (χ3v) is 4.22. The number of urea groups is 1. The van der Waals surface area contributed by atoms with Gasteiger partial charge in [0.1, 0.15) is 0 Å². The second-order valence-electron chi connectivity index (χ2n) is 6.56. The number of guanidine groups is 2. The van der Waals surface area contributed by atoms with Crippen molar-refractivity contribution in [2.75, 3.05) is 17.3 Å². The zero-order chi connectivity index (χ0) is 23.0. The first-order chi connectivity index (χ1) is 14.7. The fourth-order valence-corrected chi connectivity index (χ4v) is 2.46. The maximum Gasteiger partial charge on any atom is 0.326 e. The third kappa shape index (κ3) is 6.85. The number of amides is 2. The molecule has 0 aliphatic carbocycles. The Morgan fingerprint density at radius 1 is 0.839 bits per heavy atom. The predicted octanol–water partition coefficient (Wildman–Crippen LogP) is 1.77. The fraction of sp³-hybridized carbons (Fsp3) is 0.150. The summed E-state index contributed by atoms with van der Waals surface area (Å²) in [6, 6.07) is 14.1. The lowest BCUT2D eigenvalue weighted by Gasteiger charge is -2.18. The summed E-state index contributed by atoms with van der Waals surface area (Å²) in [5, 5.41) is 25.1. The molecule has 0 saturated heterocycles. The first-order valence-electron chi connectivity index (χ1n) is 9.21. The van der Waals surface area contributed by atoms with Gasteiger partial charge in [0.25, 0.3) is 0 Å². The molecule has 0 aromatic heterocycles. The second kappa shape index (κ2) is 10.4. The van der Waals surface area contributed by atoms with Crippen LogP contribution in [0.3, 0.4) is 0 Å². The maximum absolute atomic E-state index is 12.6. The number of anilines is 2. The number of hydrogen-bond donors (Lipinski definition) is 7. The zero-order valence-corrected chi connectivity index (χ0v) is 17.5. The Kier molecular flexibility index (Phi) is 7.67. The summed E-state index contributed by atoms with van der Waals surface area (Å²) in [7, 11) is 1.67. The van der Waals surface area contributed by atoms with Crippen LogP contribution in [0.5, 0.6) is 0 Å². The lowest BCUT2D eigenvalue weighted by atomic mass is 10.1. The number of carbonyl (C=O) groups excluding carboxylic acids is 1. The molecule has 0 atom stereocenters. The minimum Gasteiger partial charge on any atom is -0.369 e. The first-order valence-corrected chi connectivity index (χ1v) is 9.21. The van der Waals surface area contributed by atoms with Gasteiger partial charge in [0.05, 0.1) is 11.4 Å². The van der Waals surface area contributed by atoms with Crippen LogP contribution in [0.25, 0.3) is 0 Å². The van der Waals surface area contributed by atoms with E-state index in [-0.39, 0.29) is 18.0 Å². The van der Waals surface area contributed by atoms with Crippen LogP contribution in [-0.2, 0) is 0 Å². The molecule has 0 radical (unpaired) electrons. The van der Waals surface area contributed by atoms with Crippen molar-refractivity contribution in [1.29, 1.82) is 10.8 Å². The van der Waals surface area contributed by atoms with Crippen molar-refractivity contribution in [1.82, 2.24) is 10.9 Å². The Bertz CT molecular complexity index is 1010. The summed E-state index contributed by atoms with van der Waals surface area (Å²) in [6.07, 6.45) is 0. The molecule has 0 spiro atoms. The van der Waals surface area contributed by atoms with Crippen LogP contribution in [0.2, 0.25) is 0 Å². The number of carbonyl (C=O) groups is 1. The Morgan fingerprint density at radius 3 is 1.68 bits per heavy atom.